The number of fused-ring (bicyclic) bond motifs is 2. The Morgan fingerprint density at radius 2 is 1.82 bits per heavy atom. The third-order valence-corrected chi connectivity index (χ3v) is 6.20. The molecule has 1 heterocycles. The van der Waals surface area contributed by atoms with E-state index < -0.39 is 11.4 Å². The van der Waals surface area contributed by atoms with Gasteiger partial charge < -0.3 is 10.4 Å². The van der Waals surface area contributed by atoms with Crippen LogP contribution in [0.3, 0.4) is 0 Å². The monoisotopic (exact) mass is 379 g/mol. The summed E-state index contributed by atoms with van der Waals surface area (Å²) in [6, 6.07) is 5.64. The van der Waals surface area contributed by atoms with Crippen molar-refractivity contribution >= 4 is 17.6 Å². The van der Waals surface area contributed by atoms with Crippen LogP contribution < -0.4 is 5.32 Å². The molecule has 2 aliphatic carbocycles. The molecule has 2 N–H and O–H groups in total. The molecule has 6 nitrogen and oxygen atoms in total. The summed E-state index contributed by atoms with van der Waals surface area (Å²) in [6.45, 7) is 1.60. The van der Waals surface area contributed by atoms with E-state index in [9.17, 15) is 14.7 Å². The van der Waals surface area contributed by atoms with Crippen LogP contribution in [0.25, 0.3) is 0 Å². The van der Waals surface area contributed by atoms with Crippen molar-refractivity contribution in [1.82, 2.24) is 10.2 Å². The fourth-order valence-electron chi connectivity index (χ4n) is 4.47. The average molecular weight is 379 g/mol. The van der Waals surface area contributed by atoms with Gasteiger partial charge in [-0.25, -0.2) is 0 Å². The highest BCUT2D eigenvalue weighted by atomic mass is 16.4. The third kappa shape index (κ3) is 3.28. The summed E-state index contributed by atoms with van der Waals surface area (Å²) in [7, 11) is 0. The van der Waals surface area contributed by atoms with Crippen LogP contribution in [0, 0.1) is 0 Å². The van der Waals surface area contributed by atoms with Gasteiger partial charge in [-0.3, -0.25) is 9.59 Å². The maximum atomic E-state index is 12.8. The fraction of sp³-hybridized carbons (Fsp3) is 0.455. The highest BCUT2D eigenvalue weighted by molar-refractivity contribution is 5.94. The normalized spacial score (nSPS) is 16.9. The maximum absolute atomic E-state index is 12.8. The van der Waals surface area contributed by atoms with E-state index in [0.717, 1.165) is 44.2 Å². The zero-order chi connectivity index (χ0) is 19.7. The molecule has 1 atom stereocenters. The molecule has 4 rings (SSSR count). The molecule has 1 unspecified atom stereocenters. The molecule has 0 radical (unpaired) electrons. The number of aromatic nitrogens is 2. The van der Waals surface area contributed by atoms with Gasteiger partial charge >= 0.3 is 5.97 Å². The molecule has 6 heteroatoms. The van der Waals surface area contributed by atoms with Crippen molar-refractivity contribution in [2.45, 2.75) is 63.7 Å². The molecule has 146 valence electrons. The van der Waals surface area contributed by atoms with E-state index >= 15 is 0 Å². The maximum Gasteiger partial charge on any atom is 0.315 e. The van der Waals surface area contributed by atoms with Gasteiger partial charge in [-0.15, -0.1) is 0 Å². The minimum Gasteiger partial charge on any atom is -0.481 e. The van der Waals surface area contributed by atoms with Gasteiger partial charge in [-0.2, -0.15) is 10.2 Å². The second-order valence-corrected chi connectivity index (χ2v) is 8.03. The van der Waals surface area contributed by atoms with Gasteiger partial charge in [0.05, 0.1) is 5.69 Å². The lowest BCUT2D eigenvalue weighted by molar-refractivity contribution is -0.143. The topological polar surface area (TPSA) is 92.2 Å². The number of rotatable bonds is 6. The van der Waals surface area contributed by atoms with Gasteiger partial charge in [-0.05, 0) is 86.3 Å². The Balaban J connectivity index is 1.52. The van der Waals surface area contributed by atoms with Crippen LogP contribution in [-0.2, 0) is 40.7 Å². The van der Waals surface area contributed by atoms with Crippen LogP contribution in [0.1, 0.15) is 60.6 Å². The van der Waals surface area contributed by atoms with E-state index in [1.54, 1.807) is 19.1 Å². The third-order valence-electron chi connectivity index (χ3n) is 6.20. The summed E-state index contributed by atoms with van der Waals surface area (Å²) in [5.74, 6) is -1.13. The van der Waals surface area contributed by atoms with E-state index in [0.29, 0.717) is 5.69 Å². The highest BCUT2D eigenvalue weighted by Gasteiger charge is 2.37. The lowest BCUT2D eigenvalue weighted by Crippen LogP contribution is -2.35. The van der Waals surface area contributed by atoms with Crippen molar-refractivity contribution in [1.29, 1.82) is 0 Å². The Bertz CT molecular complexity index is 894. The first-order valence-corrected chi connectivity index (χ1v) is 9.97. The van der Waals surface area contributed by atoms with E-state index in [1.807, 2.05) is 0 Å². The van der Waals surface area contributed by atoms with Crippen molar-refractivity contribution in [2.24, 2.45) is 0 Å². The minimum atomic E-state index is -1.24. The minimum absolute atomic E-state index is 0.123. The number of benzene rings is 1. The van der Waals surface area contributed by atoms with E-state index in [4.69, 9.17) is 0 Å². The van der Waals surface area contributed by atoms with Gasteiger partial charge in [0.25, 0.3) is 0 Å². The van der Waals surface area contributed by atoms with Gasteiger partial charge in [0.2, 0.25) is 5.91 Å². The molecule has 2 aromatic rings. The Hall–Kier alpha value is -2.76. The second kappa shape index (κ2) is 7.34. The predicted octanol–water partition coefficient (Wildman–Crippen LogP) is 3.22. The van der Waals surface area contributed by atoms with Gasteiger partial charge in [-0.1, -0.05) is 6.07 Å². The molecule has 0 saturated heterocycles. The summed E-state index contributed by atoms with van der Waals surface area (Å²) in [4.78, 5) is 24.7. The van der Waals surface area contributed by atoms with Crippen molar-refractivity contribution in [3.63, 3.8) is 0 Å². The Kier molecular flexibility index (Phi) is 4.87. The molecule has 28 heavy (non-hydrogen) atoms. The average Bonchev–Trinajstić information content (AvgIpc) is 3.35. The summed E-state index contributed by atoms with van der Waals surface area (Å²) in [5.41, 5.74) is 5.43. The standard InChI is InChI=1S/C22H25N3O3/c1-22(21(27)28,18-9-4-12-23-25-18)11-10-19(26)24-20-16-7-2-5-14(16)13-15-6-3-8-17(15)20/h4,9,12-13H,2-3,5-8,10-11H2,1H3,(H,24,26)(H,27,28). The zero-order valence-electron chi connectivity index (χ0n) is 16.1. The highest BCUT2D eigenvalue weighted by Crippen LogP contribution is 2.39. The quantitative estimate of drug-likeness (QED) is 0.804. The first-order chi connectivity index (χ1) is 13.5. The number of nitrogens with zero attached hydrogens (tertiary/aromatic N) is 2. The Labute approximate surface area is 164 Å². The van der Waals surface area contributed by atoms with Crippen LogP contribution in [0.2, 0.25) is 0 Å². The number of hydrogen-bond donors (Lipinski definition) is 2. The van der Waals surface area contributed by atoms with Crippen molar-refractivity contribution in [3.05, 3.63) is 52.3 Å². The number of carbonyl (C=O) groups is 2. The van der Waals surface area contributed by atoms with Crippen LogP contribution in [-0.4, -0.2) is 27.2 Å². The van der Waals surface area contributed by atoms with Crippen molar-refractivity contribution in [2.75, 3.05) is 5.32 Å². The second-order valence-electron chi connectivity index (χ2n) is 8.03. The van der Waals surface area contributed by atoms with Crippen molar-refractivity contribution < 1.29 is 14.7 Å². The van der Waals surface area contributed by atoms with Gasteiger partial charge in [0, 0.05) is 18.3 Å². The molecule has 1 amide bonds. The fourth-order valence-corrected chi connectivity index (χ4v) is 4.47. The molecular formula is C22H25N3O3. The smallest absolute Gasteiger partial charge is 0.315 e. The molecule has 0 fully saturated rings. The molecule has 2 aliphatic rings. The molecule has 0 aliphatic heterocycles. The lowest BCUT2D eigenvalue weighted by Gasteiger charge is -2.23. The number of amides is 1. The Morgan fingerprint density at radius 3 is 2.39 bits per heavy atom. The molecule has 1 aromatic heterocycles. The number of carbonyl (C=O) groups excluding carboxylic acids is 1. The van der Waals surface area contributed by atoms with E-state index in [1.165, 1.54) is 28.5 Å². The zero-order valence-corrected chi connectivity index (χ0v) is 16.1. The number of aliphatic carboxylic acids is 1. The molecule has 0 bridgehead atoms. The van der Waals surface area contributed by atoms with Crippen LogP contribution in [0.4, 0.5) is 5.69 Å². The number of hydrogen-bond acceptors (Lipinski definition) is 4. The number of aryl methyl sites for hydroxylation is 2. The number of anilines is 1. The van der Waals surface area contributed by atoms with E-state index in [2.05, 4.69) is 21.6 Å². The summed E-state index contributed by atoms with van der Waals surface area (Å²) in [6.07, 6.45) is 8.23. The molecule has 0 spiro atoms. The van der Waals surface area contributed by atoms with Gasteiger partial charge in [0.1, 0.15) is 5.41 Å². The summed E-state index contributed by atoms with van der Waals surface area (Å²) in [5, 5.41) is 20.6. The number of carboxylic acids is 1. The molecule has 1 aromatic carbocycles. The molecule has 0 saturated carbocycles. The van der Waals surface area contributed by atoms with Crippen LogP contribution in [0.15, 0.2) is 24.4 Å². The Morgan fingerprint density at radius 1 is 1.14 bits per heavy atom. The summed E-state index contributed by atoms with van der Waals surface area (Å²) < 4.78 is 0. The predicted molar refractivity (Wildman–Crippen MR) is 105 cm³/mol. The lowest BCUT2D eigenvalue weighted by atomic mass is 9.82. The first kappa shape index (κ1) is 18.6. The summed E-state index contributed by atoms with van der Waals surface area (Å²) >= 11 is 0. The van der Waals surface area contributed by atoms with Crippen molar-refractivity contribution in [3.8, 4) is 0 Å². The SMILES string of the molecule is CC(CCC(=O)Nc1c2c(cc3c1CCC3)CCC2)(C(=O)O)c1cccnn1. The largest absolute Gasteiger partial charge is 0.481 e. The van der Waals surface area contributed by atoms with Crippen LogP contribution in [0.5, 0.6) is 0 Å². The molecular weight excluding hydrogens is 354 g/mol. The van der Waals surface area contributed by atoms with Gasteiger partial charge in [0.15, 0.2) is 0 Å². The first-order valence-electron chi connectivity index (χ1n) is 9.97. The van der Waals surface area contributed by atoms with Crippen LogP contribution >= 0.6 is 0 Å². The number of nitrogens with one attached hydrogen (secondary N) is 1. The number of carboxylic acid groups (broad SMARTS) is 1. The van der Waals surface area contributed by atoms with E-state index in [-0.39, 0.29) is 18.7 Å².